The van der Waals surface area contributed by atoms with E-state index in [4.69, 9.17) is 0 Å². The van der Waals surface area contributed by atoms with E-state index in [0.717, 1.165) is 18.0 Å². The zero-order chi connectivity index (χ0) is 12.8. The predicted octanol–water partition coefficient (Wildman–Crippen LogP) is 3.60. The molecule has 1 aliphatic carbocycles. The van der Waals surface area contributed by atoms with Gasteiger partial charge < -0.3 is 4.57 Å². The molecule has 3 nitrogen and oxygen atoms in total. The Morgan fingerprint density at radius 1 is 1.26 bits per heavy atom. The minimum atomic E-state index is 0.796. The Morgan fingerprint density at radius 3 is 3.00 bits per heavy atom. The molecule has 1 saturated carbocycles. The van der Waals surface area contributed by atoms with Crippen LogP contribution >= 0.6 is 0 Å². The summed E-state index contributed by atoms with van der Waals surface area (Å²) in [6.07, 6.45) is 4.57. The highest BCUT2D eigenvalue weighted by atomic mass is 15.1. The number of hydrogen-bond acceptors (Lipinski definition) is 1. The number of aromatic amines is 1. The number of aryl methyl sites for hydroxylation is 1. The van der Waals surface area contributed by atoms with Gasteiger partial charge in [0.1, 0.15) is 0 Å². The standard InChI is InChI=1S/C16H17N3/c1-11-2-7-16(13-5-6-13)19(11)10-12-3-4-14-9-17-18-15(14)8-12/h2-4,7-9,13H,5-6,10H2,1H3,(H,17,18). The lowest BCUT2D eigenvalue weighted by Crippen LogP contribution is -2.05. The molecule has 1 aliphatic rings. The van der Waals surface area contributed by atoms with E-state index in [1.807, 2.05) is 6.20 Å². The van der Waals surface area contributed by atoms with E-state index in [1.54, 1.807) is 0 Å². The molecule has 0 aliphatic heterocycles. The summed E-state index contributed by atoms with van der Waals surface area (Å²) in [5, 5.41) is 8.30. The quantitative estimate of drug-likeness (QED) is 0.758. The maximum atomic E-state index is 4.08. The highest BCUT2D eigenvalue weighted by Gasteiger charge is 2.26. The summed E-state index contributed by atoms with van der Waals surface area (Å²) in [5.41, 5.74) is 5.31. The zero-order valence-corrected chi connectivity index (χ0v) is 11.1. The minimum Gasteiger partial charge on any atom is -0.344 e. The van der Waals surface area contributed by atoms with Crippen LogP contribution in [0, 0.1) is 6.92 Å². The molecule has 3 heteroatoms. The van der Waals surface area contributed by atoms with Gasteiger partial charge in [-0.15, -0.1) is 0 Å². The summed E-state index contributed by atoms with van der Waals surface area (Å²) < 4.78 is 2.45. The molecule has 1 aromatic carbocycles. The van der Waals surface area contributed by atoms with E-state index >= 15 is 0 Å². The van der Waals surface area contributed by atoms with Gasteiger partial charge in [0, 0.05) is 23.3 Å². The molecular formula is C16H17N3. The van der Waals surface area contributed by atoms with E-state index in [9.17, 15) is 0 Å². The van der Waals surface area contributed by atoms with E-state index in [2.05, 4.69) is 52.0 Å². The number of nitrogens with zero attached hydrogens (tertiary/aromatic N) is 2. The van der Waals surface area contributed by atoms with E-state index < -0.39 is 0 Å². The Bertz CT molecular complexity index is 731. The van der Waals surface area contributed by atoms with Crippen LogP contribution in [0.15, 0.2) is 36.5 Å². The average Bonchev–Trinajstić information content (AvgIpc) is 3.04. The fraction of sp³-hybridized carbons (Fsp3) is 0.312. The summed E-state index contributed by atoms with van der Waals surface area (Å²) in [6.45, 7) is 3.15. The third-order valence-corrected chi connectivity index (χ3v) is 4.08. The lowest BCUT2D eigenvalue weighted by molar-refractivity contribution is 0.723. The van der Waals surface area contributed by atoms with Crippen LogP contribution < -0.4 is 0 Å². The summed E-state index contributed by atoms with van der Waals surface area (Å²) >= 11 is 0. The number of nitrogens with one attached hydrogen (secondary N) is 1. The van der Waals surface area contributed by atoms with Crippen molar-refractivity contribution < 1.29 is 0 Å². The van der Waals surface area contributed by atoms with Gasteiger partial charge in [-0.3, -0.25) is 5.10 Å². The van der Waals surface area contributed by atoms with Gasteiger partial charge in [0.15, 0.2) is 0 Å². The molecule has 0 spiro atoms. The number of fused-ring (bicyclic) bond motifs is 1. The first-order valence-corrected chi connectivity index (χ1v) is 6.89. The van der Waals surface area contributed by atoms with Crippen molar-refractivity contribution in [2.75, 3.05) is 0 Å². The molecule has 0 radical (unpaired) electrons. The maximum absolute atomic E-state index is 4.08. The van der Waals surface area contributed by atoms with Crippen molar-refractivity contribution in [3.63, 3.8) is 0 Å². The second-order valence-corrected chi connectivity index (χ2v) is 5.55. The molecule has 0 unspecified atom stereocenters. The number of hydrogen-bond donors (Lipinski definition) is 1. The molecule has 3 aromatic rings. The zero-order valence-electron chi connectivity index (χ0n) is 11.1. The predicted molar refractivity (Wildman–Crippen MR) is 76.3 cm³/mol. The number of benzene rings is 1. The lowest BCUT2D eigenvalue weighted by Gasteiger charge is -2.11. The third-order valence-electron chi connectivity index (χ3n) is 4.08. The van der Waals surface area contributed by atoms with Gasteiger partial charge >= 0.3 is 0 Å². The van der Waals surface area contributed by atoms with Crippen molar-refractivity contribution in [2.45, 2.75) is 32.2 Å². The van der Waals surface area contributed by atoms with Crippen molar-refractivity contribution in [3.05, 3.63) is 53.5 Å². The molecule has 0 amide bonds. The van der Waals surface area contributed by atoms with Gasteiger partial charge in [-0.25, -0.2) is 0 Å². The average molecular weight is 251 g/mol. The highest BCUT2D eigenvalue weighted by Crippen LogP contribution is 2.41. The summed E-state index contributed by atoms with van der Waals surface area (Å²) in [5.74, 6) is 0.796. The number of H-pyrrole nitrogens is 1. The monoisotopic (exact) mass is 251 g/mol. The Hall–Kier alpha value is -2.03. The van der Waals surface area contributed by atoms with E-state index in [1.165, 1.54) is 35.2 Å². The Balaban J connectivity index is 1.71. The highest BCUT2D eigenvalue weighted by molar-refractivity contribution is 5.78. The van der Waals surface area contributed by atoms with E-state index in [0.29, 0.717) is 0 Å². The fourth-order valence-electron chi connectivity index (χ4n) is 2.81. The van der Waals surface area contributed by atoms with Crippen molar-refractivity contribution >= 4 is 10.9 Å². The maximum Gasteiger partial charge on any atom is 0.0653 e. The van der Waals surface area contributed by atoms with Gasteiger partial charge in [-0.2, -0.15) is 5.10 Å². The molecule has 2 heterocycles. The van der Waals surface area contributed by atoms with Gasteiger partial charge in [-0.1, -0.05) is 12.1 Å². The number of rotatable bonds is 3. The summed E-state index contributed by atoms with van der Waals surface area (Å²) in [7, 11) is 0. The van der Waals surface area contributed by atoms with Gasteiger partial charge in [0.2, 0.25) is 0 Å². The van der Waals surface area contributed by atoms with Gasteiger partial charge in [-0.05, 0) is 49.4 Å². The Morgan fingerprint density at radius 2 is 2.16 bits per heavy atom. The molecule has 96 valence electrons. The summed E-state index contributed by atoms with van der Waals surface area (Å²) in [4.78, 5) is 0. The van der Waals surface area contributed by atoms with Crippen LogP contribution in [0.1, 0.15) is 35.7 Å². The van der Waals surface area contributed by atoms with Crippen LogP contribution in [0.4, 0.5) is 0 Å². The molecule has 2 aromatic heterocycles. The first kappa shape index (κ1) is 10.9. The first-order chi connectivity index (χ1) is 9.31. The fourth-order valence-corrected chi connectivity index (χ4v) is 2.81. The normalized spacial score (nSPS) is 15.2. The van der Waals surface area contributed by atoms with Gasteiger partial charge in [0.25, 0.3) is 0 Å². The van der Waals surface area contributed by atoms with Crippen molar-refractivity contribution in [1.29, 1.82) is 0 Å². The Labute approximate surface area is 112 Å². The second kappa shape index (κ2) is 3.98. The third kappa shape index (κ3) is 1.86. The number of aromatic nitrogens is 3. The smallest absolute Gasteiger partial charge is 0.0653 e. The Kier molecular flexibility index (Phi) is 2.28. The molecule has 0 atom stereocenters. The van der Waals surface area contributed by atoms with Crippen LogP contribution in [-0.4, -0.2) is 14.8 Å². The molecule has 1 N–H and O–H groups in total. The first-order valence-electron chi connectivity index (χ1n) is 6.89. The largest absolute Gasteiger partial charge is 0.344 e. The van der Waals surface area contributed by atoms with Gasteiger partial charge in [0.05, 0.1) is 11.7 Å². The van der Waals surface area contributed by atoms with E-state index in [-0.39, 0.29) is 0 Å². The van der Waals surface area contributed by atoms with Crippen LogP contribution in [0.2, 0.25) is 0 Å². The summed E-state index contributed by atoms with van der Waals surface area (Å²) in [6, 6.07) is 11.1. The van der Waals surface area contributed by atoms with Crippen LogP contribution in [0.3, 0.4) is 0 Å². The van der Waals surface area contributed by atoms with Crippen LogP contribution in [-0.2, 0) is 6.54 Å². The van der Waals surface area contributed by atoms with Crippen LogP contribution in [0.25, 0.3) is 10.9 Å². The van der Waals surface area contributed by atoms with Crippen molar-refractivity contribution in [2.24, 2.45) is 0 Å². The van der Waals surface area contributed by atoms with Crippen molar-refractivity contribution in [1.82, 2.24) is 14.8 Å². The second-order valence-electron chi connectivity index (χ2n) is 5.55. The molecule has 1 fully saturated rings. The molecular weight excluding hydrogens is 234 g/mol. The molecule has 4 rings (SSSR count). The topological polar surface area (TPSA) is 33.6 Å². The molecule has 0 bridgehead atoms. The molecule has 19 heavy (non-hydrogen) atoms. The molecule has 0 saturated heterocycles. The SMILES string of the molecule is Cc1ccc(C2CC2)n1Cc1ccc2cn[nH]c2c1. The minimum absolute atomic E-state index is 0.796. The van der Waals surface area contributed by atoms with Crippen LogP contribution in [0.5, 0.6) is 0 Å². The van der Waals surface area contributed by atoms with Crippen molar-refractivity contribution in [3.8, 4) is 0 Å². The lowest BCUT2D eigenvalue weighted by atomic mass is 10.1.